The van der Waals surface area contributed by atoms with Gasteiger partial charge in [-0.25, -0.2) is 0 Å². The first-order valence-electron chi connectivity index (χ1n) is 8.64. The fourth-order valence-corrected chi connectivity index (χ4v) is 3.45. The van der Waals surface area contributed by atoms with Crippen LogP contribution in [-0.2, 0) is 35.0 Å². The molecule has 0 aliphatic heterocycles. The summed E-state index contributed by atoms with van der Waals surface area (Å²) in [6.45, 7) is 14.2. The minimum Gasteiger partial charge on any atom is -0.412 e. The zero-order valence-electron chi connectivity index (χ0n) is 17.1. The third-order valence-electron chi connectivity index (χ3n) is 3.29. The van der Waals surface area contributed by atoms with Crippen molar-refractivity contribution in [2.24, 2.45) is 0 Å². The molecule has 0 aromatic carbocycles. The van der Waals surface area contributed by atoms with Gasteiger partial charge in [0.25, 0.3) is 0 Å². The minimum absolute atomic E-state index is 0. The summed E-state index contributed by atoms with van der Waals surface area (Å²) in [6, 6.07) is 0. The van der Waals surface area contributed by atoms with Crippen LogP contribution in [0.5, 0.6) is 0 Å². The average Bonchev–Trinajstić information content (AvgIpc) is 2.47. The van der Waals surface area contributed by atoms with Crippen LogP contribution in [-0.4, -0.2) is 54.8 Å². The van der Waals surface area contributed by atoms with Gasteiger partial charge in [0.2, 0.25) is 0 Å². The van der Waals surface area contributed by atoms with Crippen molar-refractivity contribution in [1.29, 1.82) is 0 Å². The molecule has 0 rings (SSSR count). The van der Waals surface area contributed by atoms with Crippen LogP contribution in [0.15, 0.2) is 0 Å². The SMILES string of the molecule is CCC(C)O[Si](O)(OC(C)CC)OC(C)CC.CCCCO.O.O.[Ti]. The van der Waals surface area contributed by atoms with Crippen LogP contribution in [0.1, 0.15) is 80.6 Å². The van der Waals surface area contributed by atoms with Crippen LogP contribution >= 0.6 is 0 Å². The van der Waals surface area contributed by atoms with E-state index in [0.717, 1.165) is 32.1 Å². The normalized spacial score (nSPS) is 15.7. The summed E-state index contributed by atoms with van der Waals surface area (Å²) < 4.78 is 16.7. The smallest absolute Gasteiger partial charge is 0.412 e. The molecule has 3 atom stereocenters. The molecule has 156 valence electrons. The van der Waals surface area contributed by atoms with Crippen LogP contribution in [0.4, 0.5) is 0 Å². The maximum atomic E-state index is 10.4. The summed E-state index contributed by atoms with van der Waals surface area (Å²) in [4.78, 5) is 10.4. The van der Waals surface area contributed by atoms with E-state index in [-0.39, 0.29) is 51.0 Å². The second-order valence-corrected chi connectivity index (χ2v) is 7.37. The fourth-order valence-electron chi connectivity index (χ4n) is 1.25. The topological polar surface area (TPSA) is 131 Å². The van der Waals surface area contributed by atoms with Gasteiger partial charge in [-0.2, -0.15) is 0 Å². The molecule has 0 amide bonds. The second-order valence-electron chi connectivity index (χ2n) is 5.61. The number of aliphatic hydroxyl groups is 1. The summed E-state index contributed by atoms with van der Waals surface area (Å²) in [6.07, 6.45) is 4.34. The first kappa shape index (κ1) is 36.6. The van der Waals surface area contributed by atoms with Gasteiger partial charge in [0.1, 0.15) is 0 Å². The molecule has 25 heavy (non-hydrogen) atoms. The molecule has 3 unspecified atom stereocenters. The Bertz CT molecular complexity index is 217. The van der Waals surface area contributed by atoms with Gasteiger partial charge in [-0.15, -0.1) is 0 Å². The molecule has 0 radical (unpaired) electrons. The predicted octanol–water partition coefficient (Wildman–Crippen LogP) is 1.99. The Morgan fingerprint density at radius 2 is 1.04 bits per heavy atom. The van der Waals surface area contributed by atoms with Crippen molar-refractivity contribution in [2.75, 3.05) is 6.61 Å². The third-order valence-corrected chi connectivity index (χ3v) is 5.39. The Morgan fingerprint density at radius 3 is 1.16 bits per heavy atom. The van der Waals surface area contributed by atoms with Gasteiger partial charge in [-0.3, -0.25) is 0 Å². The summed E-state index contributed by atoms with van der Waals surface area (Å²) in [5.41, 5.74) is 0. The quantitative estimate of drug-likeness (QED) is 0.492. The van der Waals surface area contributed by atoms with Gasteiger partial charge in [-0.05, 0) is 46.5 Å². The molecule has 9 heteroatoms. The molecular weight excluding hydrogens is 380 g/mol. The number of hydrogen-bond acceptors (Lipinski definition) is 5. The molecule has 0 heterocycles. The zero-order valence-corrected chi connectivity index (χ0v) is 19.7. The Kier molecular flexibility index (Phi) is 33.2. The minimum atomic E-state index is -3.50. The van der Waals surface area contributed by atoms with E-state index in [1.807, 2.05) is 41.5 Å². The molecule has 0 bridgehead atoms. The summed E-state index contributed by atoms with van der Waals surface area (Å²) in [7, 11) is -3.50. The second kappa shape index (κ2) is 22.7. The number of rotatable bonds is 11. The van der Waals surface area contributed by atoms with Gasteiger partial charge in [0.15, 0.2) is 0 Å². The van der Waals surface area contributed by atoms with Crippen LogP contribution in [0.2, 0.25) is 0 Å². The molecule has 0 saturated carbocycles. The molecule has 0 spiro atoms. The van der Waals surface area contributed by atoms with E-state index >= 15 is 0 Å². The average molecular weight is 422 g/mol. The molecule has 0 fully saturated rings. The van der Waals surface area contributed by atoms with E-state index in [2.05, 4.69) is 6.92 Å². The Morgan fingerprint density at radius 1 is 0.760 bits per heavy atom. The Labute approximate surface area is 170 Å². The van der Waals surface area contributed by atoms with Crippen LogP contribution in [0.3, 0.4) is 0 Å². The zero-order chi connectivity index (χ0) is 17.6. The van der Waals surface area contributed by atoms with E-state index in [1.165, 1.54) is 0 Å². The number of unbranched alkanes of at least 4 members (excludes halogenated alkanes) is 1. The maximum Gasteiger partial charge on any atom is 0.677 e. The van der Waals surface area contributed by atoms with Crippen molar-refractivity contribution in [3.8, 4) is 0 Å². The molecule has 7 nitrogen and oxygen atoms in total. The summed E-state index contributed by atoms with van der Waals surface area (Å²) >= 11 is 0. The standard InChI is InChI=1S/C12H28O4Si.C4H10O.2H2O.Ti/c1-7-10(4)14-17(13,15-11(5)8-2)16-12(6)9-3;1-2-3-4-5;;;/h10-13H,7-9H2,1-6H3;5H,2-4H2,1H3;2*1H2;. The largest absolute Gasteiger partial charge is 0.677 e. The van der Waals surface area contributed by atoms with Gasteiger partial charge in [0.05, 0.1) is 0 Å². The number of hydrogen-bond donors (Lipinski definition) is 2. The van der Waals surface area contributed by atoms with Crippen LogP contribution in [0.25, 0.3) is 0 Å². The molecular formula is C16H42O7SiTi. The van der Waals surface area contributed by atoms with Crippen LogP contribution in [0, 0.1) is 0 Å². The molecule has 0 aliphatic carbocycles. The first-order valence-corrected chi connectivity index (χ1v) is 10.3. The fraction of sp³-hybridized carbons (Fsp3) is 1.00. The van der Waals surface area contributed by atoms with Crippen molar-refractivity contribution in [1.82, 2.24) is 0 Å². The summed E-state index contributed by atoms with van der Waals surface area (Å²) in [5, 5.41) is 8.07. The van der Waals surface area contributed by atoms with Crippen molar-refractivity contribution >= 4 is 9.05 Å². The van der Waals surface area contributed by atoms with Crippen molar-refractivity contribution in [3.63, 3.8) is 0 Å². The summed E-state index contributed by atoms with van der Waals surface area (Å²) in [5.74, 6) is 0. The first-order chi connectivity index (χ1) is 10.3. The van der Waals surface area contributed by atoms with E-state index in [0.29, 0.717) is 6.61 Å². The predicted molar refractivity (Wildman–Crippen MR) is 99.7 cm³/mol. The molecule has 0 aromatic heterocycles. The molecule has 0 aromatic rings. The molecule has 0 aliphatic rings. The monoisotopic (exact) mass is 422 g/mol. The van der Waals surface area contributed by atoms with Gasteiger partial charge >= 0.3 is 9.05 Å². The van der Waals surface area contributed by atoms with Crippen molar-refractivity contribution in [2.45, 2.75) is 98.9 Å². The van der Waals surface area contributed by atoms with Gasteiger partial charge in [0, 0.05) is 46.6 Å². The Balaban J connectivity index is -0.000000147. The van der Waals surface area contributed by atoms with E-state index in [4.69, 9.17) is 18.4 Å². The third kappa shape index (κ3) is 22.6. The molecule has 0 saturated heterocycles. The van der Waals surface area contributed by atoms with Crippen LogP contribution < -0.4 is 0 Å². The number of aliphatic hydroxyl groups excluding tert-OH is 1. The maximum absolute atomic E-state index is 10.4. The van der Waals surface area contributed by atoms with E-state index in [1.54, 1.807) is 0 Å². The van der Waals surface area contributed by atoms with Crippen molar-refractivity contribution < 1.29 is 55.9 Å². The Hall–Kier alpha value is 0.651. The van der Waals surface area contributed by atoms with E-state index < -0.39 is 9.05 Å². The van der Waals surface area contributed by atoms with Gasteiger partial charge in [-0.1, -0.05) is 34.1 Å². The molecule has 6 N–H and O–H groups in total. The van der Waals surface area contributed by atoms with Gasteiger partial charge < -0.3 is 34.1 Å². The van der Waals surface area contributed by atoms with E-state index in [9.17, 15) is 4.80 Å². The van der Waals surface area contributed by atoms with Crippen molar-refractivity contribution in [3.05, 3.63) is 0 Å².